The second-order valence-electron chi connectivity index (χ2n) is 3.94. The number of ether oxygens (including phenoxy) is 2. The van der Waals surface area contributed by atoms with Crippen LogP contribution in [-0.2, 0) is 0 Å². The van der Waals surface area contributed by atoms with E-state index in [2.05, 4.69) is 11.7 Å². The molecule has 2 amide bonds. The zero-order valence-corrected chi connectivity index (χ0v) is 11.0. The Kier molecular flexibility index (Phi) is 4.30. The summed E-state index contributed by atoms with van der Waals surface area (Å²) in [6.07, 6.45) is -1.75. The van der Waals surface area contributed by atoms with Crippen LogP contribution in [0.4, 0.5) is 9.59 Å². The van der Waals surface area contributed by atoms with Crippen LogP contribution >= 0.6 is 0 Å². The minimum absolute atomic E-state index is 0.264. The van der Waals surface area contributed by atoms with E-state index in [1.165, 1.54) is 0 Å². The van der Waals surface area contributed by atoms with Gasteiger partial charge in [-0.25, -0.2) is 9.59 Å². The fourth-order valence-corrected chi connectivity index (χ4v) is 1.79. The largest absolute Gasteiger partial charge is 0.438 e. The van der Waals surface area contributed by atoms with Crippen LogP contribution in [0.5, 0.6) is 11.5 Å². The van der Waals surface area contributed by atoms with Gasteiger partial charge in [0.2, 0.25) is 0 Å². The van der Waals surface area contributed by atoms with E-state index in [9.17, 15) is 9.59 Å². The molecule has 21 heavy (non-hydrogen) atoms. The maximum Gasteiger partial charge on any atom is 0.438 e. The van der Waals surface area contributed by atoms with Gasteiger partial charge in [0, 0.05) is 11.1 Å². The summed E-state index contributed by atoms with van der Waals surface area (Å²) >= 11 is 0. The van der Waals surface area contributed by atoms with E-state index in [1.54, 1.807) is 48.5 Å². The molecule has 2 rings (SSSR count). The minimum atomic E-state index is -0.926. The third kappa shape index (κ3) is 3.44. The maximum absolute atomic E-state index is 11.3. The van der Waals surface area contributed by atoms with Crippen molar-refractivity contribution in [1.82, 2.24) is 0 Å². The van der Waals surface area contributed by atoms with Crippen LogP contribution < -0.4 is 15.2 Å². The van der Waals surface area contributed by atoms with Crippen molar-refractivity contribution in [3.05, 3.63) is 48.5 Å². The molecule has 0 saturated carbocycles. The zero-order valence-electron chi connectivity index (χ0n) is 11.0. The van der Waals surface area contributed by atoms with Crippen molar-refractivity contribution in [3.8, 4) is 22.6 Å². The van der Waals surface area contributed by atoms with Gasteiger partial charge in [0.25, 0.3) is 0 Å². The van der Waals surface area contributed by atoms with Crippen LogP contribution in [-0.4, -0.2) is 18.9 Å². The number of primary amides is 1. The summed E-state index contributed by atoms with van der Waals surface area (Å²) < 4.78 is 10.0. The second kappa shape index (κ2) is 6.33. The molecule has 0 radical (unpaired) electrons. The van der Waals surface area contributed by atoms with E-state index >= 15 is 0 Å². The standard InChI is InChI=1S/C15H12N2O4/c1-17-15(19)21-13-9-5-3-7-11(13)10-6-2-4-8-12(10)20-14(16)18/h2-9H,1H2,(H2,16,18). The van der Waals surface area contributed by atoms with Crippen molar-refractivity contribution in [1.29, 1.82) is 0 Å². The Bertz CT molecular complexity index is 698. The number of nitrogens with two attached hydrogens (primary N) is 1. The first-order chi connectivity index (χ1) is 10.1. The summed E-state index contributed by atoms with van der Waals surface area (Å²) in [4.78, 5) is 25.4. The van der Waals surface area contributed by atoms with Gasteiger partial charge in [-0.3, -0.25) is 0 Å². The molecule has 2 N–H and O–H groups in total. The number of rotatable bonds is 3. The number of amides is 2. The van der Waals surface area contributed by atoms with E-state index in [0.29, 0.717) is 11.1 Å². The van der Waals surface area contributed by atoms with Crippen molar-refractivity contribution in [2.24, 2.45) is 10.7 Å². The highest BCUT2D eigenvalue weighted by Crippen LogP contribution is 2.36. The molecular weight excluding hydrogens is 272 g/mol. The molecule has 0 saturated heterocycles. The van der Waals surface area contributed by atoms with Crippen molar-refractivity contribution in [2.75, 3.05) is 0 Å². The molecule has 0 spiro atoms. The molecule has 0 atom stereocenters. The zero-order chi connectivity index (χ0) is 15.2. The van der Waals surface area contributed by atoms with Crippen LogP contribution in [0.25, 0.3) is 11.1 Å². The van der Waals surface area contributed by atoms with Crippen LogP contribution in [0.2, 0.25) is 0 Å². The Hall–Kier alpha value is -3.15. The van der Waals surface area contributed by atoms with Crippen LogP contribution in [0.15, 0.2) is 53.5 Å². The number of benzene rings is 2. The Morgan fingerprint density at radius 1 is 0.905 bits per heavy atom. The molecule has 2 aromatic carbocycles. The second-order valence-corrected chi connectivity index (χ2v) is 3.94. The quantitative estimate of drug-likeness (QED) is 0.877. The lowest BCUT2D eigenvalue weighted by Crippen LogP contribution is -2.16. The number of carbonyl (C=O) groups excluding carboxylic acids is 2. The van der Waals surface area contributed by atoms with E-state index in [0.717, 1.165) is 0 Å². The maximum atomic E-state index is 11.3. The Morgan fingerprint density at radius 3 is 1.86 bits per heavy atom. The molecule has 0 aliphatic heterocycles. The molecular formula is C15H12N2O4. The van der Waals surface area contributed by atoms with Gasteiger partial charge in [-0.15, -0.1) is 0 Å². The summed E-state index contributed by atoms with van der Waals surface area (Å²) in [5, 5.41) is 0. The average molecular weight is 284 g/mol. The van der Waals surface area contributed by atoms with Crippen molar-refractivity contribution in [3.63, 3.8) is 0 Å². The molecule has 106 valence electrons. The normalized spacial score (nSPS) is 9.71. The number of hydrogen-bond acceptors (Lipinski definition) is 4. The molecule has 0 aromatic heterocycles. The Labute approximate surface area is 120 Å². The molecule has 0 unspecified atom stereocenters. The summed E-state index contributed by atoms with van der Waals surface area (Å²) in [5.74, 6) is 0.537. The highest BCUT2D eigenvalue weighted by Gasteiger charge is 2.14. The topological polar surface area (TPSA) is 91.0 Å². The summed E-state index contributed by atoms with van der Waals surface area (Å²) in [5.41, 5.74) is 6.16. The SMILES string of the molecule is C=NC(=O)Oc1ccccc1-c1ccccc1OC(N)=O. The molecule has 0 aliphatic rings. The lowest BCUT2D eigenvalue weighted by atomic mass is 10.0. The number of nitrogens with zero attached hydrogens (tertiary/aromatic N) is 1. The summed E-state index contributed by atoms with van der Waals surface area (Å²) in [6.45, 7) is 3.11. The van der Waals surface area contributed by atoms with E-state index in [-0.39, 0.29) is 11.5 Å². The fourth-order valence-electron chi connectivity index (χ4n) is 1.79. The van der Waals surface area contributed by atoms with E-state index < -0.39 is 12.2 Å². The third-order valence-electron chi connectivity index (χ3n) is 2.60. The molecule has 0 aliphatic carbocycles. The number of carbonyl (C=O) groups is 2. The van der Waals surface area contributed by atoms with Gasteiger partial charge in [0.1, 0.15) is 11.5 Å². The van der Waals surface area contributed by atoms with Gasteiger partial charge in [0.05, 0.1) is 0 Å². The van der Waals surface area contributed by atoms with Gasteiger partial charge in [-0.1, -0.05) is 36.4 Å². The van der Waals surface area contributed by atoms with Crippen LogP contribution in [0, 0.1) is 0 Å². The van der Waals surface area contributed by atoms with Crippen LogP contribution in [0.3, 0.4) is 0 Å². The highest BCUT2D eigenvalue weighted by molar-refractivity contribution is 5.82. The smallest absolute Gasteiger partial charge is 0.410 e. The molecule has 6 nitrogen and oxygen atoms in total. The Morgan fingerprint density at radius 2 is 1.38 bits per heavy atom. The number of aliphatic imine (C=N–C) groups is 1. The number of hydrogen-bond donors (Lipinski definition) is 1. The highest BCUT2D eigenvalue weighted by atomic mass is 16.6. The van der Waals surface area contributed by atoms with Gasteiger partial charge >= 0.3 is 12.2 Å². The van der Waals surface area contributed by atoms with Crippen molar-refractivity contribution in [2.45, 2.75) is 0 Å². The Balaban J connectivity index is 2.49. The first-order valence-corrected chi connectivity index (χ1v) is 5.96. The summed E-state index contributed by atoms with van der Waals surface area (Å²) in [6, 6.07) is 13.5. The number of para-hydroxylation sites is 2. The molecule has 2 aromatic rings. The average Bonchev–Trinajstić information content (AvgIpc) is 2.48. The van der Waals surface area contributed by atoms with Gasteiger partial charge in [-0.2, -0.15) is 4.99 Å². The molecule has 6 heteroatoms. The predicted octanol–water partition coefficient (Wildman–Crippen LogP) is 3.01. The summed E-state index contributed by atoms with van der Waals surface area (Å²) in [7, 11) is 0. The minimum Gasteiger partial charge on any atom is -0.410 e. The monoisotopic (exact) mass is 284 g/mol. The van der Waals surface area contributed by atoms with Gasteiger partial charge in [-0.05, 0) is 18.9 Å². The van der Waals surface area contributed by atoms with Crippen molar-refractivity contribution >= 4 is 18.9 Å². The molecule has 0 bridgehead atoms. The lowest BCUT2D eigenvalue weighted by Gasteiger charge is -2.12. The van der Waals surface area contributed by atoms with E-state index in [4.69, 9.17) is 15.2 Å². The lowest BCUT2D eigenvalue weighted by molar-refractivity contribution is 0.209. The van der Waals surface area contributed by atoms with E-state index in [1.807, 2.05) is 0 Å². The van der Waals surface area contributed by atoms with Gasteiger partial charge < -0.3 is 15.2 Å². The fraction of sp³-hybridized carbons (Fsp3) is 0. The van der Waals surface area contributed by atoms with Crippen molar-refractivity contribution < 1.29 is 19.1 Å². The predicted molar refractivity (Wildman–Crippen MR) is 77.7 cm³/mol. The third-order valence-corrected chi connectivity index (χ3v) is 2.60. The molecule has 0 fully saturated rings. The first kappa shape index (κ1) is 14.3. The van der Waals surface area contributed by atoms with Gasteiger partial charge in [0.15, 0.2) is 0 Å². The first-order valence-electron chi connectivity index (χ1n) is 5.96. The van der Waals surface area contributed by atoms with Crippen LogP contribution in [0.1, 0.15) is 0 Å². The molecule has 0 heterocycles.